The molecule has 0 spiro atoms. The molecular formula is C22H23BrN2O4. The molecule has 2 heterocycles. The van der Waals surface area contributed by atoms with Gasteiger partial charge in [0.2, 0.25) is 0 Å². The Labute approximate surface area is 178 Å². The van der Waals surface area contributed by atoms with Crippen LogP contribution in [-0.4, -0.2) is 54.6 Å². The molecule has 2 aliphatic heterocycles. The van der Waals surface area contributed by atoms with E-state index in [0.717, 1.165) is 22.9 Å². The zero-order valence-electron chi connectivity index (χ0n) is 16.2. The average molecular weight is 459 g/mol. The van der Waals surface area contributed by atoms with Gasteiger partial charge in [0.25, 0.3) is 5.91 Å². The largest absolute Gasteiger partial charge is 0.496 e. The number of rotatable bonds is 4. The Kier molecular flexibility index (Phi) is 5.76. The standard InChI is InChI=1S/C22H23BrN2O4/c1-28-19-8-7-16(13-18(19)23)21(26)24-11-9-17(10-12-24)25-14-20(29-22(25)27)15-5-3-2-4-6-15/h2-8,13,17,20H,9-12,14H2,1H3. The van der Waals surface area contributed by atoms with Crippen molar-refractivity contribution in [1.29, 1.82) is 0 Å². The second-order valence-corrected chi connectivity index (χ2v) is 8.16. The first-order chi connectivity index (χ1) is 14.1. The number of cyclic esters (lactones) is 1. The predicted octanol–water partition coefficient (Wildman–Crippen LogP) is 4.26. The van der Waals surface area contributed by atoms with Crippen LogP contribution in [0.1, 0.15) is 34.9 Å². The van der Waals surface area contributed by atoms with Gasteiger partial charge < -0.3 is 19.3 Å². The number of carbonyl (C=O) groups is 2. The third kappa shape index (κ3) is 4.10. The topological polar surface area (TPSA) is 59.1 Å². The lowest BCUT2D eigenvalue weighted by atomic mass is 10.0. The van der Waals surface area contributed by atoms with Gasteiger partial charge in [-0.1, -0.05) is 30.3 Å². The van der Waals surface area contributed by atoms with Gasteiger partial charge in [-0.2, -0.15) is 0 Å². The molecule has 2 saturated heterocycles. The molecule has 0 N–H and O–H groups in total. The zero-order valence-corrected chi connectivity index (χ0v) is 17.8. The molecule has 0 radical (unpaired) electrons. The molecule has 0 aliphatic carbocycles. The average Bonchev–Trinajstić information content (AvgIpc) is 3.15. The summed E-state index contributed by atoms with van der Waals surface area (Å²) in [6, 6.07) is 15.3. The Morgan fingerprint density at radius 2 is 1.86 bits per heavy atom. The maximum absolute atomic E-state index is 12.8. The Balaban J connectivity index is 1.36. The van der Waals surface area contributed by atoms with Crippen LogP contribution in [0.2, 0.25) is 0 Å². The van der Waals surface area contributed by atoms with Crippen LogP contribution in [0.15, 0.2) is 53.0 Å². The lowest BCUT2D eigenvalue weighted by Gasteiger charge is -2.35. The Hall–Kier alpha value is -2.54. The third-order valence-corrected chi connectivity index (χ3v) is 6.22. The van der Waals surface area contributed by atoms with Crippen LogP contribution in [0.25, 0.3) is 0 Å². The molecule has 2 aromatic rings. The molecule has 2 aromatic carbocycles. The van der Waals surface area contributed by atoms with E-state index in [9.17, 15) is 9.59 Å². The first-order valence-electron chi connectivity index (χ1n) is 9.72. The van der Waals surface area contributed by atoms with E-state index >= 15 is 0 Å². The smallest absolute Gasteiger partial charge is 0.410 e. The summed E-state index contributed by atoms with van der Waals surface area (Å²) >= 11 is 3.43. The van der Waals surface area contributed by atoms with Gasteiger partial charge in [0.1, 0.15) is 11.9 Å². The number of benzene rings is 2. The van der Waals surface area contributed by atoms with Crippen LogP contribution in [0, 0.1) is 0 Å². The normalized spacial score (nSPS) is 19.9. The SMILES string of the molecule is COc1ccc(C(=O)N2CCC(N3CC(c4ccccc4)OC3=O)CC2)cc1Br. The molecule has 152 valence electrons. The molecule has 1 unspecified atom stereocenters. The summed E-state index contributed by atoms with van der Waals surface area (Å²) in [5.41, 5.74) is 1.64. The molecule has 6 nitrogen and oxygen atoms in total. The molecular weight excluding hydrogens is 436 g/mol. The van der Waals surface area contributed by atoms with Crippen molar-refractivity contribution in [3.05, 3.63) is 64.1 Å². The number of hydrogen-bond donors (Lipinski definition) is 0. The number of hydrogen-bond acceptors (Lipinski definition) is 4. The van der Waals surface area contributed by atoms with Crippen molar-refractivity contribution in [2.45, 2.75) is 25.0 Å². The van der Waals surface area contributed by atoms with Gasteiger partial charge in [-0.3, -0.25) is 4.79 Å². The Morgan fingerprint density at radius 3 is 2.52 bits per heavy atom. The van der Waals surface area contributed by atoms with Gasteiger partial charge in [0.05, 0.1) is 18.1 Å². The molecule has 1 atom stereocenters. The van der Waals surface area contributed by atoms with E-state index in [1.54, 1.807) is 25.3 Å². The van der Waals surface area contributed by atoms with E-state index in [1.165, 1.54) is 0 Å². The minimum atomic E-state index is -0.261. The molecule has 29 heavy (non-hydrogen) atoms. The summed E-state index contributed by atoms with van der Waals surface area (Å²) in [4.78, 5) is 28.9. The minimum absolute atomic E-state index is 0.00189. The number of methoxy groups -OCH3 is 1. The van der Waals surface area contributed by atoms with Gasteiger partial charge >= 0.3 is 6.09 Å². The fourth-order valence-corrected chi connectivity index (χ4v) is 4.52. The summed E-state index contributed by atoms with van der Waals surface area (Å²) in [5.74, 6) is 0.693. The van der Waals surface area contributed by atoms with Crippen molar-refractivity contribution in [2.24, 2.45) is 0 Å². The maximum Gasteiger partial charge on any atom is 0.410 e. The van der Waals surface area contributed by atoms with Gasteiger partial charge in [-0.25, -0.2) is 4.79 Å². The summed E-state index contributed by atoms with van der Waals surface area (Å²) in [5, 5.41) is 0. The lowest BCUT2D eigenvalue weighted by molar-refractivity contribution is 0.0658. The van der Waals surface area contributed by atoms with Crippen molar-refractivity contribution in [2.75, 3.05) is 26.7 Å². The second kappa shape index (κ2) is 8.45. The van der Waals surface area contributed by atoms with Gasteiger partial charge in [0, 0.05) is 24.7 Å². The van der Waals surface area contributed by atoms with Crippen LogP contribution in [0.5, 0.6) is 5.75 Å². The molecule has 2 fully saturated rings. The van der Waals surface area contributed by atoms with Crippen molar-refractivity contribution in [3.63, 3.8) is 0 Å². The van der Waals surface area contributed by atoms with Crippen molar-refractivity contribution < 1.29 is 19.1 Å². The van der Waals surface area contributed by atoms with Crippen LogP contribution in [0.4, 0.5) is 4.79 Å². The van der Waals surface area contributed by atoms with Gasteiger partial charge in [0.15, 0.2) is 0 Å². The van der Waals surface area contributed by atoms with Gasteiger partial charge in [-0.15, -0.1) is 0 Å². The highest BCUT2D eigenvalue weighted by Gasteiger charge is 2.38. The maximum atomic E-state index is 12.8. The molecule has 4 rings (SSSR count). The molecule has 2 aliphatic rings. The molecule has 0 aromatic heterocycles. The Bertz CT molecular complexity index is 897. The number of ether oxygens (including phenoxy) is 2. The van der Waals surface area contributed by atoms with Crippen LogP contribution >= 0.6 is 15.9 Å². The van der Waals surface area contributed by atoms with Crippen LogP contribution in [0.3, 0.4) is 0 Å². The third-order valence-electron chi connectivity index (χ3n) is 5.60. The first-order valence-corrected chi connectivity index (χ1v) is 10.5. The van der Waals surface area contributed by atoms with E-state index in [-0.39, 0.29) is 24.1 Å². The van der Waals surface area contributed by atoms with Crippen LogP contribution in [-0.2, 0) is 4.74 Å². The Morgan fingerprint density at radius 1 is 1.14 bits per heavy atom. The highest BCUT2D eigenvalue weighted by atomic mass is 79.9. The van der Waals surface area contributed by atoms with E-state index in [2.05, 4.69) is 15.9 Å². The molecule has 7 heteroatoms. The fraction of sp³-hybridized carbons (Fsp3) is 0.364. The van der Waals surface area contributed by atoms with Crippen LogP contribution < -0.4 is 4.74 Å². The minimum Gasteiger partial charge on any atom is -0.496 e. The first kappa shape index (κ1) is 19.8. The van der Waals surface area contributed by atoms with Crippen molar-refractivity contribution in [3.8, 4) is 5.75 Å². The number of nitrogens with zero attached hydrogens (tertiary/aromatic N) is 2. The fourth-order valence-electron chi connectivity index (χ4n) is 3.98. The molecule has 0 saturated carbocycles. The lowest BCUT2D eigenvalue weighted by Crippen LogP contribution is -2.47. The number of likely N-dealkylation sites (tertiary alicyclic amines) is 1. The predicted molar refractivity (Wildman–Crippen MR) is 112 cm³/mol. The van der Waals surface area contributed by atoms with E-state index in [1.807, 2.05) is 40.1 Å². The van der Waals surface area contributed by atoms with Gasteiger partial charge in [-0.05, 0) is 52.5 Å². The summed E-state index contributed by atoms with van der Waals surface area (Å²) < 4.78 is 11.6. The monoisotopic (exact) mass is 458 g/mol. The number of carbonyl (C=O) groups excluding carboxylic acids is 2. The second-order valence-electron chi connectivity index (χ2n) is 7.31. The number of piperidine rings is 1. The molecule has 0 bridgehead atoms. The van der Waals surface area contributed by atoms with E-state index in [4.69, 9.17) is 9.47 Å². The highest BCUT2D eigenvalue weighted by molar-refractivity contribution is 9.10. The summed E-state index contributed by atoms with van der Waals surface area (Å²) in [7, 11) is 1.60. The highest BCUT2D eigenvalue weighted by Crippen LogP contribution is 2.31. The van der Waals surface area contributed by atoms with E-state index < -0.39 is 0 Å². The summed E-state index contributed by atoms with van der Waals surface area (Å²) in [6.07, 6.45) is 1.02. The summed E-state index contributed by atoms with van der Waals surface area (Å²) in [6.45, 7) is 1.80. The number of halogens is 1. The quantitative estimate of drug-likeness (QED) is 0.686. The van der Waals surface area contributed by atoms with Crippen molar-refractivity contribution in [1.82, 2.24) is 9.80 Å². The number of amides is 2. The molecule has 2 amide bonds. The van der Waals surface area contributed by atoms with Crippen molar-refractivity contribution >= 4 is 27.9 Å². The van der Waals surface area contributed by atoms with E-state index in [0.29, 0.717) is 30.9 Å². The zero-order chi connectivity index (χ0) is 20.4.